The Morgan fingerprint density at radius 2 is 1.89 bits per heavy atom. The summed E-state index contributed by atoms with van der Waals surface area (Å²) < 4.78 is 1.14. The lowest BCUT2D eigenvalue weighted by Crippen LogP contribution is -2.57. The van der Waals surface area contributed by atoms with Crippen molar-refractivity contribution in [3.63, 3.8) is 0 Å². The first-order valence-electron chi connectivity index (χ1n) is 6.60. The molecule has 0 spiro atoms. The van der Waals surface area contributed by atoms with Gasteiger partial charge in [0.25, 0.3) is 0 Å². The van der Waals surface area contributed by atoms with Crippen molar-refractivity contribution in [2.45, 2.75) is 45.2 Å². The molecular weight excluding hydrogens is 288 g/mol. The lowest BCUT2D eigenvalue weighted by molar-refractivity contribution is 0.357. The Morgan fingerprint density at radius 3 is 2.56 bits per heavy atom. The van der Waals surface area contributed by atoms with E-state index in [1.807, 2.05) is 0 Å². The van der Waals surface area contributed by atoms with E-state index in [0.717, 1.165) is 24.0 Å². The topological polar surface area (TPSA) is 15.3 Å². The van der Waals surface area contributed by atoms with Gasteiger partial charge in [0, 0.05) is 27.8 Å². The molecule has 0 aromatic heterocycles. The Morgan fingerprint density at radius 1 is 1.17 bits per heavy atom. The van der Waals surface area contributed by atoms with Gasteiger partial charge >= 0.3 is 0 Å². The first kappa shape index (κ1) is 13.9. The number of rotatable bonds is 1. The second-order valence-corrected chi connectivity index (χ2v) is 7.28. The van der Waals surface area contributed by atoms with Crippen LogP contribution in [0.15, 0.2) is 28.7 Å². The van der Waals surface area contributed by atoms with Crippen LogP contribution in [0.4, 0.5) is 5.69 Å². The summed E-state index contributed by atoms with van der Waals surface area (Å²) in [6.07, 6.45) is 1.16. The predicted octanol–water partition coefficient (Wildman–Crippen LogP) is 3.81. The molecule has 1 N–H and O–H groups in total. The van der Waals surface area contributed by atoms with Crippen molar-refractivity contribution in [1.82, 2.24) is 5.32 Å². The van der Waals surface area contributed by atoms with Crippen LogP contribution in [-0.2, 0) is 0 Å². The fourth-order valence-corrected chi connectivity index (χ4v) is 3.50. The molecule has 1 saturated heterocycles. The summed E-state index contributed by atoms with van der Waals surface area (Å²) in [5, 5.41) is 3.55. The fourth-order valence-electron chi connectivity index (χ4n) is 3.11. The highest BCUT2D eigenvalue weighted by Gasteiger charge is 2.39. The first-order chi connectivity index (χ1) is 8.33. The lowest BCUT2D eigenvalue weighted by atomic mass is 9.91. The minimum absolute atomic E-state index is 0.112. The van der Waals surface area contributed by atoms with E-state index >= 15 is 0 Å². The molecule has 0 radical (unpaired) electrons. The van der Waals surface area contributed by atoms with E-state index in [1.54, 1.807) is 0 Å². The Labute approximate surface area is 119 Å². The normalized spacial score (nSPS) is 22.6. The molecule has 0 amide bonds. The summed E-state index contributed by atoms with van der Waals surface area (Å²) in [6, 6.07) is 8.62. The van der Waals surface area contributed by atoms with E-state index in [9.17, 15) is 0 Å². The molecule has 2 rings (SSSR count). The van der Waals surface area contributed by atoms with Gasteiger partial charge in [0.1, 0.15) is 0 Å². The van der Waals surface area contributed by atoms with E-state index in [4.69, 9.17) is 0 Å². The summed E-state index contributed by atoms with van der Waals surface area (Å²) in [5.41, 5.74) is 1.57. The summed E-state index contributed by atoms with van der Waals surface area (Å²) >= 11 is 3.58. The summed E-state index contributed by atoms with van der Waals surface area (Å²) in [6.45, 7) is 11.4. The maximum absolute atomic E-state index is 3.58. The number of nitrogens with one attached hydrogen (secondary N) is 1. The van der Waals surface area contributed by atoms with Gasteiger partial charge < -0.3 is 10.2 Å². The quantitative estimate of drug-likeness (QED) is 0.848. The van der Waals surface area contributed by atoms with Crippen molar-refractivity contribution < 1.29 is 0 Å². The molecule has 1 aliphatic heterocycles. The number of hydrogen-bond donors (Lipinski definition) is 1. The van der Waals surface area contributed by atoms with Gasteiger partial charge in [-0.05, 0) is 58.9 Å². The third-order valence-electron chi connectivity index (χ3n) is 3.75. The van der Waals surface area contributed by atoms with Crippen LogP contribution in [0.1, 0.15) is 34.1 Å². The number of benzene rings is 1. The van der Waals surface area contributed by atoms with E-state index in [0.29, 0.717) is 0 Å². The van der Waals surface area contributed by atoms with Crippen LogP contribution in [-0.4, -0.2) is 24.2 Å². The van der Waals surface area contributed by atoms with E-state index in [-0.39, 0.29) is 11.1 Å². The van der Waals surface area contributed by atoms with Crippen molar-refractivity contribution >= 4 is 21.6 Å². The highest BCUT2D eigenvalue weighted by Crippen LogP contribution is 2.36. The smallest absolute Gasteiger partial charge is 0.0475 e. The molecular formula is C15H23BrN2. The van der Waals surface area contributed by atoms with Gasteiger partial charge in [-0.1, -0.05) is 22.0 Å². The molecule has 1 aliphatic rings. The predicted molar refractivity (Wildman–Crippen MR) is 82.3 cm³/mol. The largest absolute Gasteiger partial charge is 0.360 e. The highest BCUT2D eigenvalue weighted by atomic mass is 79.9. The first-order valence-corrected chi connectivity index (χ1v) is 7.39. The molecule has 18 heavy (non-hydrogen) atoms. The Balaban J connectivity index is 2.47. The lowest BCUT2D eigenvalue weighted by Gasteiger charge is -2.49. The standard InChI is InChI=1S/C15H23BrN2/c1-14(2)8-9-17-11-15(3,4)18(14)13-7-5-6-12(16)10-13/h5-7,10,17H,8-9,11H2,1-4H3. The molecule has 1 aromatic carbocycles. The van der Waals surface area contributed by atoms with Crippen molar-refractivity contribution in [3.05, 3.63) is 28.7 Å². The summed E-state index contributed by atoms with van der Waals surface area (Å²) in [4.78, 5) is 2.56. The average Bonchev–Trinajstić information content (AvgIpc) is 2.33. The van der Waals surface area contributed by atoms with Gasteiger partial charge in [0.05, 0.1) is 0 Å². The highest BCUT2D eigenvalue weighted by molar-refractivity contribution is 9.10. The zero-order valence-corrected chi connectivity index (χ0v) is 13.3. The molecule has 3 heteroatoms. The minimum Gasteiger partial charge on any atom is -0.360 e. The van der Waals surface area contributed by atoms with E-state index in [2.05, 4.69) is 78.1 Å². The number of anilines is 1. The van der Waals surface area contributed by atoms with Crippen molar-refractivity contribution in [2.75, 3.05) is 18.0 Å². The molecule has 0 atom stereocenters. The van der Waals surface area contributed by atoms with E-state index < -0.39 is 0 Å². The van der Waals surface area contributed by atoms with Gasteiger partial charge in [0.15, 0.2) is 0 Å². The van der Waals surface area contributed by atoms with Crippen molar-refractivity contribution in [2.24, 2.45) is 0 Å². The second-order valence-electron chi connectivity index (χ2n) is 6.37. The van der Waals surface area contributed by atoms with Crippen LogP contribution in [0.2, 0.25) is 0 Å². The zero-order chi connectivity index (χ0) is 13.4. The SMILES string of the molecule is CC1(C)CCNCC(C)(C)N1c1cccc(Br)c1. The molecule has 0 saturated carbocycles. The zero-order valence-electron chi connectivity index (χ0n) is 11.8. The third kappa shape index (κ3) is 2.72. The third-order valence-corrected chi connectivity index (χ3v) is 4.24. The summed E-state index contributed by atoms with van der Waals surface area (Å²) in [5.74, 6) is 0. The van der Waals surface area contributed by atoms with Gasteiger partial charge in [-0.25, -0.2) is 0 Å². The fraction of sp³-hybridized carbons (Fsp3) is 0.600. The molecule has 1 heterocycles. The Kier molecular flexibility index (Phi) is 3.75. The van der Waals surface area contributed by atoms with Crippen LogP contribution in [0.3, 0.4) is 0 Å². The number of hydrogen-bond acceptors (Lipinski definition) is 2. The second kappa shape index (κ2) is 4.86. The van der Waals surface area contributed by atoms with E-state index in [1.165, 1.54) is 5.69 Å². The number of halogens is 1. The van der Waals surface area contributed by atoms with Crippen LogP contribution in [0, 0.1) is 0 Å². The maximum atomic E-state index is 3.58. The molecule has 1 aromatic rings. The molecule has 100 valence electrons. The number of nitrogens with zero attached hydrogens (tertiary/aromatic N) is 1. The van der Waals surface area contributed by atoms with Crippen LogP contribution < -0.4 is 10.2 Å². The molecule has 0 unspecified atom stereocenters. The van der Waals surface area contributed by atoms with Crippen molar-refractivity contribution in [3.8, 4) is 0 Å². The van der Waals surface area contributed by atoms with Gasteiger partial charge in [0.2, 0.25) is 0 Å². The molecule has 1 fully saturated rings. The molecule has 2 nitrogen and oxygen atoms in total. The Bertz CT molecular complexity index is 408. The van der Waals surface area contributed by atoms with Crippen LogP contribution in [0.25, 0.3) is 0 Å². The van der Waals surface area contributed by atoms with Gasteiger partial charge in [-0.3, -0.25) is 0 Å². The van der Waals surface area contributed by atoms with Gasteiger partial charge in [-0.2, -0.15) is 0 Å². The van der Waals surface area contributed by atoms with Crippen molar-refractivity contribution in [1.29, 1.82) is 0 Å². The average molecular weight is 311 g/mol. The van der Waals surface area contributed by atoms with Crippen LogP contribution in [0.5, 0.6) is 0 Å². The summed E-state index contributed by atoms with van der Waals surface area (Å²) in [7, 11) is 0. The molecule has 0 aliphatic carbocycles. The Hall–Kier alpha value is -0.540. The monoisotopic (exact) mass is 310 g/mol. The maximum Gasteiger partial charge on any atom is 0.0475 e. The molecule has 0 bridgehead atoms. The van der Waals surface area contributed by atoms with Crippen LogP contribution >= 0.6 is 15.9 Å². The minimum atomic E-state index is 0.112. The van der Waals surface area contributed by atoms with Gasteiger partial charge in [-0.15, -0.1) is 0 Å².